The van der Waals surface area contributed by atoms with E-state index in [0.29, 0.717) is 12.1 Å². The topological polar surface area (TPSA) is 101 Å². The third-order valence-corrected chi connectivity index (χ3v) is 4.39. The molecule has 1 aromatic rings. The first-order chi connectivity index (χ1) is 8.35. The minimum Gasteiger partial charge on any atom is -0.301 e. The lowest BCUT2D eigenvalue weighted by molar-refractivity contribution is -0.114. The fourth-order valence-electron chi connectivity index (χ4n) is 1.17. The quantitative estimate of drug-likeness (QED) is 0.653. The number of carbonyl (C=O) groups excluding carboxylic acids is 1. The van der Waals surface area contributed by atoms with Crippen molar-refractivity contribution in [2.75, 3.05) is 5.32 Å². The minimum atomic E-state index is -3.82. The van der Waals surface area contributed by atoms with Crippen LogP contribution >= 0.6 is 11.3 Å². The molecule has 1 N–H and O–H groups in total. The zero-order valence-electron chi connectivity index (χ0n) is 10.3. The van der Waals surface area contributed by atoms with Gasteiger partial charge < -0.3 is 5.32 Å². The lowest BCUT2D eigenvalue weighted by atomic mass is 10.2. The molecule has 1 aromatic heterocycles. The van der Waals surface area contributed by atoms with E-state index in [1.165, 1.54) is 6.92 Å². The summed E-state index contributed by atoms with van der Waals surface area (Å²) < 4.78 is 27.1. The minimum absolute atomic E-state index is 0.143. The smallest absolute Gasteiger partial charge is 0.301 e. The molecule has 0 unspecified atom stereocenters. The van der Waals surface area contributed by atoms with Crippen molar-refractivity contribution < 1.29 is 13.2 Å². The van der Waals surface area contributed by atoms with Gasteiger partial charge in [-0.15, -0.1) is 10.2 Å². The molecule has 0 saturated heterocycles. The van der Waals surface area contributed by atoms with Crippen LogP contribution in [0.3, 0.4) is 0 Å². The Balaban J connectivity index is 2.95. The summed E-state index contributed by atoms with van der Waals surface area (Å²) in [4.78, 5) is 10.8. The number of carbonyl (C=O) groups is 1. The van der Waals surface area contributed by atoms with E-state index in [0.717, 1.165) is 17.8 Å². The van der Waals surface area contributed by atoms with Crippen LogP contribution in [0.4, 0.5) is 5.13 Å². The fourth-order valence-corrected chi connectivity index (χ4v) is 3.18. The molecule has 1 heterocycles. The zero-order valence-corrected chi connectivity index (χ0v) is 11.9. The molecule has 0 bridgehead atoms. The van der Waals surface area contributed by atoms with Crippen LogP contribution in [0.5, 0.6) is 0 Å². The van der Waals surface area contributed by atoms with E-state index in [2.05, 4.69) is 19.9 Å². The highest BCUT2D eigenvalue weighted by molar-refractivity contribution is 7.92. The van der Waals surface area contributed by atoms with E-state index in [-0.39, 0.29) is 15.4 Å². The van der Waals surface area contributed by atoms with Gasteiger partial charge >= 0.3 is 10.0 Å². The Morgan fingerprint density at radius 2 is 2.06 bits per heavy atom. The molecular formula is C9H14N4O3S2. The first kappa shape index (κ1) is 14.7. The van der Waals surface area contributed by atoms with Crippen molar-refractivity contribution in [3.63, 3.8) is 0 Å². The van der Waals surface area contributed by atoms with Crippen molar-refractivity contribution in [1.82, 2.24) is 10.2 Å². The predicted octanol–water partition coefficient (Wildman–Crippen LogP) is 1.45. The largest absolute Gasteiger partial charge is 0.311 e. The van der Waals surface area contributed by atoms with Gasteiger partial charge in [-0.25, -0.2) is 0 Å². The van der Waals surface area contributed by atoms with Gasteiger partial charge in [-0.1, -0.05) is 24.7 Å². The number of anilines is 1. The molecule has 0 atom stereocenters. The van der Waals surface area contributed by atoms with E-state index in [1.54, 1.807) is 6.92 Å². The Morgan fingerprint density at radius 1 is 1.39 bits per heavy atom. The average molecular weight is 290 g/mol. The monoisotopic (exact) mass is 290 g/mol. The van der Waals surface area contributed by atoms with Gasteiger partial charge in [-0.05, 0) is 13.3 Å². The van der Waals surface area contributed by atoms with Gasteiger partial charge in [0.1, 0.15) is 0 Å². The number of amides is 1. The van der Waals surface area contributed by atoms with E-state index in [4.69, 9.17) is 0 Å². The second-order valence-electron chi connectivity index (χ2n) is 3.61. The van der Waals surface area contributed by atoms with Gasteiger partial charge in [0.05, 0.1) is 0 Å². The molecule has 0 saturated carbocycles. The van der Waals surface area contributed by atoms with Crippen LogP contribution in [0.25, 0.3) is 0 Å². The number of nitrogens with zero attached hydrogens (tertiary/aromatic N) is 3. The summed E-state index contributed by atoms with van der Waals surface area (Å²) in [6.45, 7) is 4.89. The summed E-state index contributed by atoms with van der Waals surface area (Å²) in [5.41, 5.74) is 0.522. The molecule has 0 radical (unpaired) electrons. The van der Waals surface area contributed by atoms with Gasteiger partial charge in [0.2, 0.25) is 11.0 Å². The zero-order chi connectivity index (χ0) is 13.8. The van der Waals surface area contributed by atoms with Crippen molar-refractivity contribution >= 4 is 38.1 Å². The molecule has 7 nitrogen and oxygen atoms in total. The van der Waals surface area contributed by atoms with Crippen LogP contribution in [0.15, 0.2) is 8.74 Å². The SMILES string of the molecule is CCC/C(C)=N\S(=O)(=O)c1nnc(NC(C)=O)s1. The van der Waals surface area contributed by atoms with Crippen molar-refractivity contribution in [3.8, 4) is 0 Å². The molecule has 1 amide bonds. The lowest BCUT2D eigenvalue weighted by Crippen LogP contribution is -2.04. The standard InChI is InChI=1S/C9H14N4O3S2/c1-4-5-6(2)13-18(15,16)9-12-11-8(17-9)10-7(3)14/h4-5H2,1-3H3,(H,10,11,14)/b13-6-. The van der Waals surface area contributed by atoms with E-state index >= 15 is 0 Å². The number of nitrogens with one attached hydrogen (secondary N) is 1. The predicted molar refractivity (Wildman–Crippen MR) is 69.4 cm³/mol. The second kappa shape index (κ2) is 6.01. The first-order valence-electron chi connectivity index (χ1n) is 5.26. The van der Waals surface area contributed by atoms with Crippen molar-refractivity contribution in [1.29, 1.82) is 0 Å². The van der Waals surface area contributed by atoms with Crippen LogP contribution < -0.4 is 5.32 Å². The number of hydrogen-bond donors (Lipinski definition) is 1. The van der Waals surface area contributed by atoms with Crippen LogP contribution in [-0.4, -0.2) is 30.2 Å². The van der Waals surface area contributed by atoms with Crippen LogP contribution in [0.1, 0.15) is 33.6 Å². The molecule has 18 heavy (non-hydrogen) atoms. The Bertz CT molecular complexity index is 562. The summed E-state index contributed by atoms with van der Waals surface area (Å²) in [5, 5.41) is 9.59. The molecule has 1 rings (SSSR count). The van der Waals surface area contributed by atoms with Gasteiger partial charge in [0.15, 0.2) is 0 Å². The van der Waals surface area contributed by atoms with Crippen LogP contribution in [0, 0.1) is 0 Å². The number of sulfonamides is 1. The Labute approximate surface area is 109 Å². The van der Waals surface area contributed by atoms with Crippen molar-refractivity contribution in [3.05, 3.63) is 0 Å². The molecular weight excluding hydrogens is 276 g/mol. The molecule has 0 aliphatic heterocycles. The lowest BCUT2D eigenvalue weighted by Gasteiger charge is -1.96. The summed E-state index contributed by atoms with van der Waals surface area (Å²) in [6, 6.07) is 0. The second-order valence-corrected chi connectivity index (χ2v) is 6.36. The van der Waals surface area contributed by atoms with Crippen LogP contribution in [0.2, 0.25) is 0 Å². The maximum Gasteiger partial charge on any atom is 0.311 e. The molecule has 9 heteroatoms. The summed E-state index contributed by atoms with van der Waals surface area (Å²) in [6.07, 6.45) is 1.43. The summed E-state index contributed by atoms with van der Waals surface area (Å²) in [7, 11) is -3.82. The maximum absolute atomic E-state index is 11.8. The van der Waals surface area contributed by atoms with Gasteiger partial charge in [-0.2, -0.15) is 12.8 Å². The number of hydrogen-bond acceptors (Lipinski definition) is 6. The van der Waals surface area contributed by atoms with Gasteiger partial charge in [0, 0.05) is 12.6 Å². The van der Waals surface area contributed by atoms with E-state index in [9.17, 15) is 13.2 Å². The first-order valence-corrected chi connectivity index (χ1v) is 7.52. The Kier molecular flexibility index (Phi) is 4.91. The normalized spacial score (nSPS) is 12.5. The highest BCUT2D eigenvalue weighted by atomic mass is 32.2. The third kappa shape index (κ3) is 4.15. The summed E-state index contributed by atoms with van der Waals surface area (Å²) in [5.74, 6) is -0.333. The molecule has 0 aliphatic rings. The fraction of sp³-hybridized carbons (Fsp3) is 0.556. The highest BCUT2D eigenvalue weighted by Crippen LogP contribution is 2.21. The Hall–Kier alpha value is -1.35. The van der Waals surface area contributed by atoms with E-state index in [1.807, 2.05) is 6.92 Å². The van der Waals surface area contributed by atoms with E-state index < -0.39 is 10.0 Å². The number of aromatic nitrogens is 2. The van der Waals surface area contributed by atoms with Crippen molar-refractivity contribution in [2.24, 2.45) is 4.40 Å². The maximum atomic E-state index is 11.8. The highest BCUT2D eigenvalue weighted by Gasteiger charge is 2.19. The Morgan fingerprint density at radius 3 is 2.61 bits per heavy atom. The van der Waals surface area contributed by atoms with Crippen LogP contribution in [-0.2, 0) is 14.8 Å². The summed E-state index contributed by atoms with van der Waals surface area (Å²) >= 11 is 0.779. The van der Waals surface area contributed by atoms with Gasteiger partial charge in [-0.3, -0.25) is 4.79 Å². The molecule has 0 aromatic carbocycles. The van der Waals surface area contributed by atoms with Gasteiger partial charge in [0.25, 0.3) is 4.34 Å². The molecule has 0 fully saturated rings. The molecule has 100 valence electrons. The molecule has 0 aliphatic carbocycles. The number of rotatable bonds is 5. The third-order valence-electron chi connectivity index (χ3n) is 1.80. The average Bonchev–Trinajstić information content (AvgIpc) is 2.65. The molecule has 0 spiro atoms. The van der Waals surface area contributed by atoms with Crippen molar-refractivity contribution in [2.45, 2.75) is 38.0 Å².